The van der Waals surface area contributed by atoms with Crippen molar-refractivity contribution in [3.8, 4) is 0 Å². The van der Waals surface area contributed by atoms with Crippen LogP contribution in [0.15, 0.2) is 35.3 Å². The van der Waals surface area contributed by atoms with Crippen molar-refractivity contribution in [2.24, 2.45) is 4.99 Å². The molecule has 0 saturated heterocycles. The highest BCUT2D eigenvalue weighted by atomic mass is 127. The molecule has 0 unspecified atom stereocenters. The van der Waals surface area contributed by atoms with E-state index in [2.05, 4.69) is 58.7 Å². The first-order valence-electron chi connectivity index (χ1n) is 8.16. The Bertz CT molecular complexity index is 625. The first-order chi connectivity index (χ1) is 11.2. The van der Waals surface area contributed by atoms with Gasteiger partial charge >= 0.3 is 0 Å². The molecule has 1 aromatic carbocycles. The Morgan fingerprint density at radius 3 is 2.38 bits per heavy atom. The first kappa shape index (κ1) is 20.9. The zero-order valence-corrected chi connectivity index (χ0v) is 17.8. The van der Waals surface area contributed by atoms with E-state index in [4.69, 9.17) is 0 Å². The minimum atomic E-state index is 0. The van der Waals surface area contributed by atoms with Gasteiger partial charge in [-0.1, -0.05) is 37.3 Å². The van der Waals surface area contributed by atoms with Crippen molar-refractivity contribution >= 4 is 41.3 Å². The second kappa shape index (κ2) is 11.4. The summed E-state index contributed by atoms with van der Waals surface area (Å²) >= 11 is 1.80. The van der Waals surface area contributed by atoms with Crippen LogP contribution in [0.5, 0.6) is 0 Å². The van der Waals surface area contributed by atoms with Crippen LogP contribution in [-0.4, -0.2) is 31.1 Å². The summed E-state index contributed by atoms with van der Waals surface area (Å²) in [7, 11) is 1.81. The molecule has 1 heterocycles. The van der Waals surface area contributed by atoms with Gasteiger partial charge in [-0.05, 0) is 25.3 Å². The molecule has 0 aliphatic carbocycles. The van der Waals surface area contributed by atoms with Crippen molar-refractivity contribution < 1.29 is 0 Å². The standard InChI is InChI=1S/C18H26N4S.HI/c1-4-16-14(2)23-17(22-16)11-13-21-18(19-3)20-12-10-15-8-6-5-7-9-15;/h5-9H,4,10-13H2,1-3H3,(H2,19,20,21);1H. The molecule has 0 bridgehead atoms. The van der Waals surface area contributed by atoms with Gasteiger partial charge in [0.1, 0.15) is 0 Å². The molecule has 1 aromatic heterocycles. The number of nitrogens with zero attached hydrogens (tertiary/aromatic N) is 2. The van der Waals surface area contributed by atoms with Crippen LogP contribution in [0.3, 0.4) is 0 Å². The van der Waals surface area contributed by atoms with E-state index in [-0.39, 0.29) is 24.0 Å². The molecule has 132 valence electrons. The van der Waals surface area contributed by atoms with E-state index in [1.807, 2.05) is 6.07 Å². The summed E-state index contributed by atoms with van der Waals surface area (Å²) < 4.78 is 0. The van der Waals surface area contributed by atoms with Gasteiger partial charge in [-0.3, -0.25) is 4.99 Å². The Morgan fingerprint density at radius 2 is 1.79 bits per heavy atom. The van der Waals surface area contributed by atoms with Gasteiger partial charge in [0.15, 0.2) is 5.96 Å². The Labute approximate surface area is 166 Å². The lowest BCUT2D eigenvalue weighted by Gasteiger charge is -2.11. The molecule has 6 heteroatoms. The second-order valence-electron chi connectivity index (χ2n) is 5.38. The van der Waals surface area contributed by atoms with Gasteiger partial charge in [0.25, 0.3) is 0 Å². The third-order valence-electron chi connectivity index (χ3n) is 3.68. The lowest BCUT2D eigenvalue weighted by Crippen LogP contribution is -2.39. The fraction of sp³-hybridized carbons (Fsp3) is 0.444. The predicted octanol–water partition coefficient (Wildman–Crippen LogP) is 3.58. The number of aliphatic imine (C=N–C) groups is 1. The van der Waals surface area contributed by atoms with E-state index in [9.17, 15) is 0 Å². The Kier molecular flexibility index (Phi) is 9.94. The van der Waals surface area contributed by atoms with Crippen molar-refractivity contribution in [1.29, 1.82) is 0 Å². The Hall–Kier alpha value is -1.15. The van der Waals surface area contributed by atoms with Crippen molar-refractivity contribution in [3.05, 3.63) is 51.5 Å². The summed E-state index contributed by atoms with van der Waals surface area (Å²) in [6, 6.07) is 10.5. The number of rotatable bonds is 7. The lowest BCUT2D eigenvalue weighted by atomic mass is 10.1. The third-order valence-corrected chi connectivity index (χ3v) is 4.75. The lowest BCUT2D eigenvalue weighted by molar-refractivity contribution is 0.780. The molecule has 0 radical (unpaired) electrons. The van der Waals surface area contributed by atoms with E-state index in [1.165, 1.54) is 21.1 Å². The van der Waals surface area contributed by atoms with Crippen molar-refractivity contribution in [2.75, 3.05) is 20.1 Å². The maximum atomic E-state index is 4.67. The van der Waals surface area contributed by atoms with Crippen LogP contribution in [0, 0.1) is 6.92 Å². The predicted molar refractivity (Wildman–Crippen MR) is 115 cm³/mol. The van der Waals surface area contributed by atoms with E-state index in [1.54, 1.807) is 18.4 Å². The fourth-order valence-corrected chi connectivity index (χ4v) is 3.42. The van der Waals surface area contributed by atoms with Gasteiger partial charge in [-0.25, -0.2) is 4.98 Å². The van der Waals surface area contributed by atoms with Crippen molar-refractivity contribution in [1.82, 2.24) is 15.6 Å². The minimum absolute atomic E-state index is 0. The smallest absolute Gasteiger partial charge is 0.191 e. The summed E-state index contributed by atoms with van der Waals surface area (Å²) in [5.41, 5.74) is 2.57. The van der Waals surface area contributed by atoms with Gasteiger partial charge in [-0.2, -0.15) is 0 Å². The molecular weight excluding hydrogens is 431 g/mol. The van der Waals surface area contributed by atoms with Crippen LogP contribution >= 0.6 is 35.3 Å². The van der Waals surface area contributed by atoms with Gasteiger partial charge in [0, 0.05) is 31.4 Å². The summed E-state index contributed by atoms with van der Waals surface area (Å²) in [6.07, 6.45) is 2.94. The fourth-order valence-electron chi connectivity index (χ4n) is 2.40. The number of nitrogens with one attached hydrogen (secondary N) is 2. The molecule has 24 heavy (non-hydrogen) atoms. The molecule has 0 atom stereocenters. The average Bonchev–Trinajstić information content (AvgIpc) is 2.94. The van der Waals surface area contributed by atoms with E-state index in [0.717, 1.165) is 38.3 Å². The first-order valence-corrected chi connectivity index (χ1v) is 8.98. The molecular formula is C18H27IN4S. The van der Waals surface area contributed by atoms with Gasteiger partial charge in [0.05, 0.1) is 10.7 Å². The minimum Gasteiger partial charge on any atom is -0.356 e. The van der Waals surface area contributed by atoms with Gasteiger partial charge in [0.2, 0.25) is 0 Å². The SMILES string of the molecule is CCc1nc(CCNC(=NC)NCCc2ccccc2)sc1C.I. The average molecular weight is 458 g/mol. The molecule has 0 aliphatic rings. The summed E-state index contributed by atoms with van der Waals surface area (Å²) in [5, 5.41) is 7.91. The number of halogens is 1. The van der Waals surface area contributed by atoms with Gasteiger partial charge in [-0.15, -0.1) is 35.3 Å². The van der Waals surface area contributed by atoms with Crippen molar-refractivity contribution in [3.63, 3.8) is 0 Å². The maximum Gasteiger partial charge on any atom is 0.191 e. The zero-order chi connectivity index (χ0) is 16.5. The summed E-state index contributed by atoms with van der Waals surface area (Å²) in [4.78, 5) is 10.3. The number of hydrogen-bond acceptors (Lipinski definition) is 3. The number of aromatic nitrogens is 1. The molecule has 0 spiro atoms. The van der Waals surface area contributed by atoms with Crippen molar-refractivity contribution in [2.45, 2.75) is 33.1 Å². The van der Waals surface area contributed by atoms with Crippen LogP contribution in [0.25, 0.3) is 0 Å². The molecule has 4 nitrogen and oxygen atoms in total. The summed E-state index contributed by atoms with van der Waals surface area (Å²) in [5.74, 6) is 0.852. The monoisotopic (exact) mass is 458 g/mol. The van der Waals surface area contributed by atoms with Crippen LogP contribution in [-0.2, 0) is 19.3 Å². The Morgan fingerprint density at radius 1 is 1.12 bits per heavy atom. The molecule has 0 amide bonds. The maximum absolute atomic E-state index is 4.67. The molecule has 2 aromatic rings. The van der Waals surface area contributed by atoms with E-state index in [0.29, 0.717) is 0 Å². The van der Waals surface area contributed by atoms with E-state index >= 15 is 0 Å². The summed E-state index contributed by atoms with van der Waals surface area (Å²) in [6.45, 7) is 6.03. The van der Waals surface area contributed by atoms with Crippen LogP contribution in [0.1, 0.15) is 28.1 Å². The topological polar surface area (TPSA) is 49.3 Å². The largest absolute Gasteiger partial charge is 0.356 e. The van der Waals surface area contributed by atoms with Crippen LogP contribution in [0.4, 0.5) is 0 Å². The molecule has 0 saturated carbocycles. The molecule has 0 aliphatic heterocycles. The third kappa shape index (κ3) is 6.76. The van der Waals surface area contributed by atoms with Gasteiger partial charge < -0.3 is 10.6 Å². The quantitative estimate of drug-likeness (QED) is 0.379. The van der Waals surface area contributed by atoms with E-state index < -0.39 is 0 Å². The van der Waals surface area contributed by atoms with Crippen LogP contribution < -0.4 is 10.6 Å². The Balaban J connectivity index is 0.00000288. The van der Waals surface area contributed by atoms with Crippen LogP contribution in [0.2, 0.25) is 0 Å². The number of thiazole rings is 1. The second-order valence-corrected chi connectivity index (χ2v) is 6.66. The molecule has 0 fully saturated rings. The number of guanidine groups is 1. The highest BCUT2D eigenvalue weighted by Gasteiger charge is 2.06. The number of aryl methyl sites for hydroxylation is 2. The molecule has 2 rings (SSSR count). The highest BCUT2D eigenvalue weighted by molar-refractivity contribution is 14.0. The number of benzene rings is 1. The number of hydrogen-bond donors (Lipinski definition) is 2. The molecule has 2 N–H and O–H groups in total. The zero-order valence-electron chi connectivity index (χ0n) is 14.6. The normalized spacial score (nSPS) is 11.0. The highest BCUT2D eigenvalue weighted by Crippen LogP contribution is 2.17.